The summed E-state index contributed by atoms with van der Waals surface area (Å²) in [5, 5.41) is 8.97. The Bertz CT molecular complexity index is 766. The Hall–Kier alpha value is -2.23. The van der Waals surface area contributed by atoms with E-state index >= 15 is 0 Å². The lowest BCUT2D eigenvalue weighted by Crippen LogP contribution is -2.18. The molecule has 1 N–H and O–H groups in total. The van der Waals surface area contributed by atoms with Gasteiger partial charge in [-0.05, 0) is 59.9 Å². The molecule has 0 amide bonds. The third-order valence-electron chi connectivity index (χ3n) is 4.82. The topological polar surface area (TPSA) is 37.3 Å². The lowest BCUT2D eigenvalue weighted by molar-refractivity contribution is 0.0686. The van der Waals surface area contributed by atoms with E-state index in [1.54, 1.807) is 0 Å². The number of carbonyl (C=O) groups is 1. The van der Waals surface area contributed by atoms with E-state index in [9.17, 15) is 13.6 Å². The molecule has 0 saturated carbocycles. The van der Waals surface area contributed by atoms with Gasteiger partial charge in [0.2, 0.25) is 0 Å². The second-order valence-corrected chi connectivity index (χ2v) is 6.42. The highest BCUT2D eigenvalue weighted by Crippen LogP contribution is 2.35. The van der Waals surface area contributed by atoms with Gasteiger partial charge in [-0.1, -0.05) is 37.6 Å². The molecular weight excluding hydrogens is 310 g/mol. The van der Waals surface area contributed by atoms with Gasteiger partial charge in [-0.25, -0.2) is 13.6 Å². The molecule has 126 valence electrons. The predicted octanol–water partition coefficient (Wildman–Crippen LogP) is 4.89. The molecule has 0 aliphatic heterocycles. The smallest absolute Gasteiger partial charge is 0.341 e. The molecule has 0 heterocycles. The van der Waals surface area contributed by atoms with Crippen molar-refractivity contribution in [2.24, 2.45) is 0 Å². The summed E-state index contributed by atoms with van der Waals surface area (Å²) in [4.78, 5) is 11.0. The Morgan fingerprint density at radius 2 is 1.96 bits per heavy atom. The van der Waals surface area contributed by atoms with Gasteiger partial charge in [0.1, 0.15) is 17.2 Å². The van der Waals surface area contributed by atoms with Crippen LogP contribution in [0.3, 0.4) is 0 Å². The Kier molecular flexibility index (Phi) is 4.65. The van der Waals surface area contributed by atoms with Crippen LogP contribution in [0.5, 0.6) is 0 Å². The van der Waals surface area contributed by atoms with Gasteiger partial charge in [-0.3, -0.25) is 0 Å². The molecule has 24 heavy (non-hydrogen) atoms. The predicted molar refractivity (Wildman–Crippen MR) is 88.5 cm³/mol. The molecule has 1 aliphatic carbocycles. The van der Waals surface area contributed by atoms with Gasteiger partial charge in [-0.15, -0.1) is 0 Å². The van der Waals surface area contributed by atoms with E-state index in [0.717, 1.165) is 19.3 Å². The Labute approximate surface area is 140 Å². The lowest BCUT2D eigenvalue weighted by Gasteiger charge is -2.26. The van der Waals surface area contributed by atoms with Crippen LogP contribution < -0.4 is 0 Å². The number of rotatable bonds is 4. The summed E-state index contributed by atoms with van der Waals surface area (Å²) in [6, 6.07) is 9.61. The summed E-state index contributed by atoms with van der Waals surface area (Å²) in [6.45, 7) is 2.14. The average Bonchev–Trinajstić information content (AvgIpc) is 2.55. The molecule has 0 spiro atoms. The minimum Gasteiger partial charge on any atom is -0.477 e. The van der Waals surface area contributed by atoms with Gasteiger partial charge >= 0.3 is 5.97 Å². The van der Waals surface area contributed by atoms with E-state index in [0.29, 0.717) is 24.0 Å². The third kappa shape index (κ3) is 3.05. The van der Waals surface area contributed by atoms with Crippen molar-refractivity contribution in [3.05, 3.63) is 69.8 Å². The third-order valence-corrected chi connectivity index (χ3v) is 4.82. The molecule has 0 bridgehead atoms. The number of aryl methyl sites for hydroxylation is 1. The molecule has 4 heteroatoms. The van der Waals surface area contributed by atoms with E-state index in [1.165, 1.54) is 17.2 Å². The van der Waals surface area contributed by atoms with Gasteiger partial charge in [-0.2, -0.15) is 0 Å². The summed E-state index contributed by atoms with van der Waals surface area (Å²) >= 11 is 0. The molecule has 0 fully saturated rings. The monoisotopic (exact) mass is 330 g/mol. The van der Waals surface area contributed by atoms with Crippen LogP contribution in [-0.2, 0) is 19.3 Å². The summed E-state index contributed by atoms with van der Waals surface area (Å²) in [5.41, 5.74) is 2.57. The summed E-state index contributed by atoms with van der Waals surface area (Å²) in [6.07, 6.45) is 3.85. The van der Waals surface area contributed by atoms with Gasteiger partial charge in [0.15, 0.2) is 0 Å². The van der Waals surface area contributed by atoms with E-state index in [-0.39, 0.29) is 5.92 Å². The van der Waals surface area contributed by atoms with Crippen molar-refractivity contribution < 1.29 is 18.7 Å². The Morgan fingerprint density at radius 3 is 2.58 bits per heavy atom. The number of benzene rings is 2. The number of hydrogen-bond donors (Lipinski definition) is 1. The molecular formula is C20H20F2O2. The molecule has 1 aliphatic rings. The van der Waals surface area contributed by atoms with Crippen LogP contribution in [0.25, 0.3) is 0 Å². The number of hydrogen-bond acceptors (Lipinski definition) is 1. The summed E-state index contributed by atoms with van der Waals surface area (Å²) in [7, 11) is 0. The van der Waals surface area contributed by atoms with E-state index in [2.05, 4.69) is 31.2 Å². The first-order valence-electron chi connectivity index (χ1n) is 8.33. The van der Waals surface area contributed by atoms with Gasteiger partial charge in [0.25, 0.3) is 0 Å². The van der Waals surface area contributed by atoms with Crippen molar-refractivity contribution in [3.8, 4) is 0 Å². The highest BCUT2D eigenvalue weighted by atomic mass is 19.1. The summed E-state index contributed by atoms with van der Waals surface area (Å²) in [5.74, 6) is -3.24. The van der Waals surface area contributed by atoms with Crippen LogP contribution >= 0.6 is 0 Å². The quantitative estimate of drug-likeness (QED) is 0.867. The second kappa shape index (κ2) is 6.71. The molecule has 0 radical (unpaired) electrons. The fourth-order valence-electron chi connectivity index (χ4n) is 3.57. The molecule has 2 nitrogen and oxygen atoms in total. The Morgan fingerprint density at radius 1 is 1.25 bits per heavy atom. The SMILES string of the molecule is CCCc1ccc(C2CCc3c(cc(F)c(C(=O)O)c3F)C2)cc1. The average molecular weight is 330 g/mol. The zero-order valence-electron chi connectivity index (χ0n) is 13.6. The number of carboxylic acids is 1. The van der Waals surface area contributed by atoms with Crippen LogP contribution in [-0.4, -0.2) is 11.1 Å². The molecule has 1 atom stereocenters. The van der Waals surface area contributed by atoms with Crippen molar-refractivity contribution in [3.63, 3.8) is 0 Å². The molecule has 2 aromatic rings. The second-order valence-electron chi connectivity index (χ2n) is 6.42. The minimum atomic E-state index is -1.55. The van der Waals surface area contributed by atoms with Crippen LogP contribution in [0, 0.1) is 11.6 Å². The zero-order chi connectivity index (χ0) is 17.3. The van der Waals surface area contributed by atoms with Crippen molar-refractivity contribution in [2.45, 2.75) is 44.9 Å². The Balaban J connectivity index is 1.88. The largest absolute Gasteiger partial charge is 0.477 e. The van der Waals surface area contributed by atoms with Crippen LogP contribution in [0.2, 0.25) is 0 Å². The minimum absolute atomic E-state index is 0.211. The van der Waals surface area contributed by atoms with Crippen LogP contribution in [0.4, 0.5) is 8.78 Å². The molecule has 1 unspecified atom stereocenters. The van der Waals surface area contributed by atoms with Crippen LogP contribution in [0.1, 0.15) is 58.3 Å². The van der Waals surface area contributed by atoms with E-state index in [4.69, 9.17) is 5.11 Å². The van der Waals surface area contributed by atoms with Gasteiger partial charge in [0, 0.05) is 0 Å². The van der Waals surface area contributed by atoms with E-state index in [1.807, 2.05) is 0 Å². The number of halogens is 2. The first-order chi connectivity index (χ1) is 11.5. The van der Waals surface area contributed by atoms with E-state index < -0.39 is 23.2 Å². The van der Waals surface area contributed by atoms with Crippen LogP contribution in [0.15, 0.2) is 30.3 Å². The van der Waals surface area contributed by atoms with Crippen molar-refractivity contribution in [1.29, 1.82) is 0 Å². The maximum absolute atomic E-state index is 14.3. The van der Waals surface area contributed by atoms with Gasteiger partial charge < -0.3 is 5.11 Å². The van der Waals surface area contributed by atoms with Gasteiger partial charge in [0.05, 0.1) is 0 Å². The fourth-order valence-corrected chi connectivity index (χ4v) is 3.57. The number of carboxylic acid groups (broad SMARTS) is 1. The van der Waals surface area contributed by atoms with Crippen molar-refractivity contribution in [2.75, 3.05) is 0 Å². The molecule has 2 aromatic carbocycles. The standard InChI is InChI=1S/C20H20F2O2/c1-2-3-12-4-6-13(7-5-12)14-8-9-16-15(10-14)11-17(21)18(19(16)22)20(23)24/h4-7,11,14H,2-3,8-10H2,1H3,(H,23,24). The normalized spacial score (nSPS) is 16.7. The molecule has 0 saturated heterocycles. The summed E-state index contributed by atoms with van der Waals surface area (Å²) < 4.78 is 28.2. The van der Waals surface area contributed by atoms with Crippen molar-refractivity contribution in [1.82, 2.24) is 0 Å². The maximum Gasteiger partial charge on any atom is 0.341 e. The first kappa shape index (κ1) is 16.6. The van der Waals surface area contributed by atoms with Crippen molar-refractivity contribution >= 4 is 5.97 Å². The molecule has 0 aromatic heterocycles. The zero-order valence-corrected chi connectivity index (χ0v) is 13.6. The first-order valence-corrected chi connectivity index (χ1v) is 8.33. The lowest BCUT2D eigenvalue weighted by atomic mass is 9.79. The highest BCUT2D eigenvalue weighted by Gasteiger charge is 2.28. The number of fused-ring (bicyclic) bond motifs is 1. The maximum atomic E-state index is 14.3. The molecule has 3 rings (SSSR count). The number of aromatic carboxylic acids is 1. The fraction of sp³-hybridized carbons (Fsp3) is 0.350. The highest BCUT2D eigenvalue weighted by molar-refractivity contribution is 5.88.